The Morgan fingerprint density at radius 3 is 2.14 bits per heavy atom. The van der Waals surface area contributed by atoms with Gasteiger partial charge in [0.2, 0.25) is 0 Å². The van der Waals surface area contributed by atoms with E-state index in [0.29, 0.717) is 18.4 Å². The maximum atomic E-state index is 14.1. The van der Waals surface area contributed by atoms with Crippen molar-refractivity contribution in [1.29, 1.82) is 0 Å². The number of aryl methyl sites for hydroxylation is 1. The van der Waals surface area contributed by atoms with Crippen LogP contribution in [0.2, 0.25) is 0 Å². The first-order valence-corrected chi connectivity index (χ1v) is 7.80. The number of aliphatic hydroxyl groups is 2. The van der Waals surface area contributed by atoms with E-state index in [1.54, 1.807) is 6.07 Å². The van der Waals surface area contributed by atoms with Crippen molar-refractivity contribution in [3.63, 3.8) is 0 Å². The molecule has 0 spiro atoms. The van der Waals surface area contributed by atoms with Crippen molar-refractivity contribution in [2.24, 2.45) is 5.92 Å². The van der Waals surface area contributed by atoms with Crippen LogP contribution < -0.4 is 0 Å². The van der Waals surface area contributed by atoms with Crippen LogP contribution in [0.5, 0.6) is 0 Å². The molecule has 0 heterocycles. The molecule has 22 heavy (non-hydrogen) atoms. The summed E-state index contributed by atoms with van der Waals surface area (Å²) in [7, 11) is 0. The molecule has 0 unspecified atom stereocenters. The summed E-state index contributed by atoms with van der Waals surface area (Å²) < 4.78 is 14.1. The molecule has 2 N–H and O–H groups in total. The van der Waals surface area contributed by atoms with E-state index in [2.05, 4.69) is 0 Å². The van der Waals surface area contributed by atoms with E-state index in [0.717, 1.165) is 11.1 Å². The second-order valence-corrected chi connectivity index (χ2v) is 4.95. The zero-order valence-electron chi connectivity index (χ0n) is 13.3. The molecular formula is C19H25FO2. The number of rotatable bonds is 6. The van der Waals surface area contributed by atoms with E-state index < -0.39 is 0 Å². The van der Waals surface area contributed by atoms with E-state index in [9.17, 15) is 4.39 Å². The summed E-state index contributed by atoms with van der Waals surface area (Å²) in [4.78, 5) is 0. The molecule has 2 aromatic carbocycles. The zero-order chi connectivity index (χ0) is 16.4. The number of benzene rings is 2. The first-order chi connectivity index (χ1) is 10.7. The van der Waals surface area contributed by atoms with E-state index in [-0.39, 0.29) is 24.9 Å². The Morgan fingerprint density at radius 2 is 1.59 bits per heavy atom. The van der Waals surface area contributed by atoms with Gasteiger partial charge in [-0.15, -0.1) is 0 Å². The predicted octanol–water partition coefficient (Wildman–Crippen LogP) is 4.05. The van der Waals surface area contributed by atoms with Crippen LogP contribution in [0, 0.1) is 11.7 Å². The van der Waals surface area contributed by atoms with Gasteiger partial charge in [-0.05, 0) is 30.0 Å². The molecule has 3 heteroatoms. The number of halogens is 1. The molecule has 0 aromatic heterocycles. The average Bonchev–Trinajstić information content (AvgIpc) is 2.58. The van der Waals surface area contributed by atoms with Crippen molar-refractivity contribution >= 4 is 0 Å². The van der Waals surface area contributed by atoms with Crippen LogP contribution in [0.3, 0.4) is 0 Å². The van der Waals surface area contributed by atoms with Gasteiger partial charge in [0.25, 0.3) is 0 Å². The van der Waals surface area contributed by atoms with Crippen molar-refractivity contribution in [3.8, 4) is 11.1 Å². The van der Waals surface area contributed by atoms with Gasteiger partial charge in [0.15, 0.2) is 0 Å². The highest BCUT2D eigenvalue weighted by Gasteiger charge is 2.09. The third-order valence-electron chi connectivity index (χ3n) is 3.48. The molecule has 2 aromatic rings. The fraction of sp³-hybridized carbons (Fsp3) is 0.368. The van der Waals surface area contributed by atoms with Gasteiger partial charge in [-0.25, -0.2) is 4.39 Å². The van der Waals surface area contributed by atoms with E-state index >= 15 is 0 Å². The first kappa shape index (κ1) is 18.3. The zero-order valence-corrected chi connectivity index (χ0v) is 13.3. The van der Waals surface area contributed by atoms with Crippen LogP contribution in [-0.4, -0.2) is 23.4 Å². The molecule has 0 bridgehead atoms. The fourth-order valence-corrected chi connectivity index (χ4v) is 2.18. The molecule has 0 saturated carbocycles. The Kier molecular flexibility index (Phi) is 8.41. The summed E-state index contributed by atoms with van der Waals surface area (Å²) in [6.45, 7) is 3.92. The first-order valence-electron chi connectivity index (χ1n) is 7.80. The van der Waals surface area contributed by atoms with Gasteiger partial charge in [0.05, 0.1) is 0 Å². The lowest BCUT2D eigenvalue weighted by Gasteiger charge is -2.11. The van der Waals surface area contributed by atoms with Gasteiger partial charge in [0.1, 0.15) is 5.82 Å². The van der Waals surface area contributed by atoms with Crippen molar-refractivity contribution in [2.75, 3.05) is 13.2 Å². The maximum absolute atomic E-state index is 14.1. The Bertz CT molecular complexity index is 536. The van der Waals surface area contributed by atoms with E-state index in [4.69, 9.17) is 10.2 Å². The number of hydrogen-bond acceptors (Lipinski definition) is 2. The second-order valence-electron chi connectivity index (χ2n) is 4.95. The monoisotopic (exact) mass is 304 g/mol. The predicted molar refractivity (Wildman–Crippen MR) is 89.2 cm³/mol. The molecule has 0 amide bonds. The van der Waals surface area contributed by atoms with E-state index in [1.807, 2.05) is 50.2 Å². The summed E-state index contributed by atoms with van der Waals surface area (Å²) >= 11 is 0. The molecular weight excluding hydrogens is 279 g/mol. The molecule has 0 saturated heterocycles. The van der Waals surface area contributed by atoms with Crippen LogP contribution in [0.15, 0.2) is 48.5 Å². The lowest BCUT2D eigenvalue weighted by molar-refractivity contribution is 0.144. The van der Waals surface area contributed by atoms with Crippen LogP contribution in [0.1, 0.15) is 25.8 Å². The third-order valence-corrected chi connectivity index (χ3v) is 3.48. The van der Waals surface area contributed by atoms with Gasteiger partial charge >= 0.3 is 0 Å². The minimum absolute atomic E-state index is 0.0406. The molecule has 0 fully saturated rings. The second kappa shape index (κ2) is 10.1. The summed E-state index contributed by atoms with van der Waals surface area (Å²) in [6, 6.07) is 14.7. The average molecular weight is 304 g/mol. The Morgan fingerprint density at radius 1 is 0.955 bits per heavy atom. The van der Waals surface area contributed by atoms with Gasteiger partial charge in [0, 0.05) is 24.7 Å². The highest BCUT2D eigenvalue weighted by atomic mass is 19.1. The van der Waals surface area contributed by atoms with Crippen LogP contribution >= 0.6 is 0 Å². The molecule has 2 nitrogen and oxygen atoms in total. The van der Waals surface area contributed by atoms with Crippen LogP contribution in [0.4, 0.5) is 4.39 Å². The lowest BCUT2D eigenvalue weighted by atomic mass is 9.98. The minimum Gasteiger partial charge on any atom is -0.396 e. The summed E-state index contributed by atoms with van der Waals surface area (Å²) in [5.74, 6) is -0.370. The van der Waals surface area contributed by atoms with Crippen molar-refractivity contribution in [1.82, 2.24) is 0 Å². The molecule has 0 aliphatic carbocycles. The van der Waals surface area contributed by atoms with E-state index in [1.165, 1.54) is 6.07 Å². The minimum atomic E-state index is -0.238. The van der Waals surface area contributed by atoms with Gasteiger partial charge in [-0.2, -0.15) is 0 Å². The van der Waals surface area contributed by atoms with Crippen LogP contribution in [0.25, 0.3) is 11.1 Å². The molecule has 0 aliphatic heterocycles. The van der Waals surface area contributed by atoms with Gasteiger partial charge in [-0.3, -0.25) is 0 Å². The Hall–Kier alpha value is -1.71. The SMILES string of the molecule is CC.OCC(CO)CCc1ccc(-c2ccccc2)c(F)c1. The quantitative estimate of drug-likeness (QED) is 0.845. The van der Waals surface area contributed by atoms with Gasteiger partial charge < -0.3 is 10.2 Å². The highest BCUT2D eigenvalue weighted by Crippen LogP contribution is 2.24. The molecule has 120 valence electrons. The Balaban J connectivity index is 0.00000116. The smallest absolute Gasteiger partial charge is 0.131 e. The lowest BCUT2D eigenvalue weighted by Crippen LogP contribution is -2.11. The van der Waals surface area contributed by atoms with Crippen LogP contribution in [-0.2, 0) is 6.42 Å². The normalized spacial score (nSPS) is 10.3. The van der Waals surface area contributed by atoms with Crippen molar-refractivity contribution < 1.29 is 14.6 Å². The number of aliphatic hydroxyl groups excluding tert-OH is 2. The molecule has 0 aliphatic rings. The summed E-state index contributed by atoms with van der Waals surface area (Å²) in [5.41, 5.74) is 2.34. The topological polar surface area (TPSA) is 40.5 Å². The molecule has 0 radical (unpaired) electrons. The fourth-order valence-electron chi connectivity index (χ4n) is 2.18. The largest absolute Gasteiger partial charge is 0.396 e. The highest BCUT2D eigenvalue weighted by molar-refractivity contribution is 5.64. The molecule has 2 rings (SSSR count). The number of hydrogen-bond donors (Lipinski definition) is 2. The van der Waals surface area contributed by atoms with Crippen molar-refractivity contribution in [3.05, 3.63) is 59.9 Å². The Labute approximate surface area is 132 Å². The standard InChI is InChI=1S/C17H19FO2.C2H6/c18-17-10-13(6-7-14(11-19)12-20)8-9-16(17)15-4-2-1-3-5-15;1-2/h1-5,8-10,14,19-20H,6-7,11-12H2;1-2H3. The third kappa shape index (κ3) is 5.24. The van der Waals surface area contributed by atoms with Gasteiger partial charge in [-0.1, -0.05) is 56.3 Å². The van der Waals surface area contributed by atoms with Crippen molar-refractivity contribution in [2.45, 2.75) is 26.7 Å². The maximum Gasteiger partial charge on any atom is 0.131 e. The summed E-state index contributed by atoms with van der Waals surface area (Å²) in [5, 5.41) is 18.0. The summed E-state index contributed by atoms with van der Waals surface area (Å²) in [6.07, 6.45) is 1.30. The molecule has 0 atom stereocenters.